The van der Waals surface area contributed by atoms with E-state index in [1.54, 1.807) is 23.0 Å². The highest BCUT2D eigenvalue weighted by Gasteiger charge is 2.27. The van der Waals surface area contributed by atoms with Gasteiger partial charge in [-0.05, 0) is 48.5 Å². The standard InChI is InChI=1S/C21H21F3N4O/c1-27(14-17-5-9-19(10-6-17)28-12-2-11-26-28)13-16-3-7-18(8-4-16)20(29)25-15-21(22,23)24/h2-12H,13-15H2,1H3,(H,25,29). The summed E-state index contributed by atoms with van der Waals surface area (Å²) in [4.78, 5) is 13.9. The summed E-state index contributed by atoms with van der Waals surface area (Å²) in [5, 5.41) is 6.06. The normalized spacial score (nSPS) is 11.6. The second-order valence-electron chi connectivity index (χ2n) is 6.78. The van der Waals surface area contributed by atoms with E-state index in [1.807, 2.05) is 48.9 Å². The van der Waals surface area contributed by atoms with Gasteiger partial charge in [-0.15, -0.1) is 0 Å². The van der Waals surface area contributed by atoms with Gasteiger partial charge in [0.1, 0.15) is 6.54 Å². The topological polar surface area (TPSA) is 50.2 Å². The van der Waals surface area contributed by atoms with Gasteiger partial charge in [0.25, 0.3) is 5.91 Å². The fraction of sp³-hybridized carbons (Fsp3) is 0.238. The third-order valence-electron chi connectivity index (χ3n) is 4.28. The molecule has 0 unspecified atom stereocenters. The molecule has 1 aromatic heterocycles. The maximum absolute atomic E-state index is 12.2. The van der Waals surface area contributed by atoms with E-state index in [0.717, 1.165) is 23.4 Å². The van der Waals surface area contributed by atoms with Crippen LogP contribution in [0.25, 0.3) is 5.69 Å². The van der Waals surface area contributed by atoms with Crippen LogP contribution >= 0.6 is 0 Å². The molecule has 3 rings (SSSR count). The van der Waals surface area contributed by atoms with Crippen molar-refractivity contribution in [3.63, 3.8) is 0 Å². The van der Waals surface area contributed by atoms with Crippen LogP contribution in [0, 0.1) is 0 Å². The smallest absolute Gasteiger partial charge is 0.343 e. The Hall–Kier alpha value is -3.13. The summed E-state index contributed by atoms with van der Waals surface area (Å²) in [6, 6.07) is 16.5. The molecule has 2 aromatic carbocycles. The number of alkyl halides is 3. The molecule has 3 aromatic rings. The zero-order chi connectivity index (χ0) is 20.9. The SMILES string of the molecule is CN(Cc1ccc(C(=O)NCC(F)(F)F)cc1)Cc1ccc(-n2cccn2)cc1. The Labute approximate surface area is 166 Å². The molecular weight excluding hydrogens is 381 g/mol. The first-order valence-corrected chi connectivity index (χ1v) is 9.01. The Morgan fingerprint density at radius 2 is 1.62 bits per heavy atom. The van der Waals surface area contributed by atoms with Gasteiger partial charge < -0.3 is 5.32 Å². The summed E-state index contributed by atoms with van der Waals surface area (Å²) in [5.41, 5.74) is 3.30. The number of nitrogens with one attached hydrogen (secondary N) is 1. The van der Waals surface area contributed by atoms with Crippen LogP contribution in [-0.4, -0.2) is 40.4 Å². The predicted octanol–water partition coefficient (Wildman–Crippen LogP) is 3.80. The fourth-order valence-electron chi connectivity index (χ4n) is 2.90. The first-order chi connectivity index (χ1) is 13.8. The highest BCUT2D eigenvalue weighted by molar-refractivity contribution is 5.94. The summed E-state index contributed by atoms with van der Waals surface area (Å²) in [6.07, 6.45) is -0.810. The molecule has 0 bridgehead atoms. The lowest BCUT2D eigenvalue weighted by molar-refractivity contribution is -0.123. The summed E-state index contributed by atoms with van der Waals surface area (Å²) in [6.45, 7) is 0.0358. The zero-order valence-corrected chi connectivity index (χ0v) is 15.9. The Balaban J connectivity index is 1.52. The molecule has 1 amide bonds. The molecule has 0 saturated heterocycles. The van der Waals surface area contributed by atoms with E-state index in [-0.39, 0.29) is 5.56 Å². The third-order valence-corrected chi connectivity index (χ3v) is 4.28. The van der Waals surface area contributed by atoms with Crippen LogP contribution in [-0.2, 0) is 13.1 Å². The summed E-state index contributed by atoms with van der Waals surface area (Å²) in [5.74, 6) is -0.737. The highest BCUT2D eigenvalue weighted by Crippen LogP contribution is 2.14. The van der Waals surface area contributed by atoms with Crippen molar-refractivity contribution >= 4 is 5.91 Å². The van der Waals surface area contributed by atoms with Gasteiger partial charge in [0.2, 0.25) is 0 Å². The van der Waals surface area contributed by atoms with E-state index in [2.05, 4.69) is 10.00 Å². The molecule has 0 radical (unpaired) electrons. The van der Waals surface area contributed by atoms with Crippen molar-refractivity contribution in [2.75, 3.05) is 13.6 Å². The number of halogens is 3. The van der Waals surface area contributed by atoms with Crippen molar-refractivity contribution in [2.24, 2.45) is 0 Å². The third kappa shape index (κ3) is 6.18. The predicted molar refractivity (Wildman–Crippen MR) is 104 cm³/mol. The summed E-state index contributed by atoms with van der Waals surface area (Å²) >= 11 is 0. The van der Waals surface area contributed by atoms with E-state index < -0.39 is 18.6 Å². The largest absolute Gasteiger partial charge is 0.405 e. The van der Waals surface area contributed by atoms with Crippen LogP contribution in [0.5, 0.6) is 0 Å². The van der Waals surface area contributed by atoms with Crippen LogP contribution in [0.4, 0.5) is 13.2 Å². The summed E-state index contributed by atoms with van der Waals surface area (Å²) < 4.78 is 38.4. The molecule has 0 aliphatic carbocycles. The van der Waals surface area contributed by atoms with Gasteiger partial charge >= 0.3 is 6.18 Å². The van der Waals surface area contributed by atoms with Crippen LogP contribution in [0.1, 0.15) is 21.5 Å². The Bertz CT molecular complexity index is 920. The van der Waals surface area contributed by atoms with E-state index in [4.69, 9.17) is 0 Å². The number of benzene rings is 2. The molecule has 0 spiro atoms. The number of carbonyl (C=O) groups is 1. The Morgan fingerprint density at radius 3 is 2.14 bits per heavy atom. The minimum atomic E-state index is -4.42. The molecule has 0 saturated carbocycles. The first kappa shape index (κ1) is 20.6. The van der Waals surface area contributed by atoms with Crippen molar-refractivity contribution in [2.45, 2.75) is 19.3 Å². The Kier molecular flexibility index (Phi) is 6.33. The van der Waals surface area contributed by atoms with E-state index in [1.165, 1.54) is 12.1 Å². The van der Waals surface area contributed by atoms with Gasteiger partial charge in [-0.2, -0.15) is 18.3 Å². The molecule has 152 valence electrons. The monoisotopic (exact) mass is 402 g/mol. The number of nitrogens with zero attached hydrogens (tertiary/aromatic N) is 3. The van der Waals surface area contributed by atoms with Gasteiger partial charge in [0, 0.05) is 31.0 Å². The molecule has 0 aliphatic rings. The van der Waals surface area contributed by atoms with E-state index >= 15 is 0 Å². The molecule has 0 atom stereocenters. The number of aromatic nitrogens is 2. The van der Waals surface area contributed by atoms with Crippen LogP contribution in [0.15, 0.2) is 67.0 Å². The summed E-state index contributed by atoms with van der Waals surface area (Å²) in [7, 11) is 1.98. The van der Waals surface area contributed by atoms with Crippen molar-refractivity contribution in [3.8, 4) is 5.69 Å². The lowest BCUT2D eigenvalue weighted by Gasteiger charge is -2.17. The van der Waals surface area contributed by atoms with Crippen LogP contribution in [0.2, 0.25) is 0 Å². The minimum Gasteiger partial charge on any atom is -0.343 e. The quantitative estimate of drug-likeness (QED) is 0.654. The second kappa shape index (κ2) is 8.91. The number of rotatable bonds is 7. The molecule has 5 nitrogen and oxygen atoms in total. The van der Waals surface area contributed by atoms with Crippen LogP contribution < -0.4 is 5.32 Å². The zero-order valence-electron chi connectivity index (χ0n) is 15.9. The molecule has 1 heterocycles. The minimum absolute atomic E-state index is 0.204. The van der Waals surface area contributed by atoms with Gasteiger partial charge in [-0.3, -0.25) is 9.69 Å². The van der Waals surface area contributed by atoms with Crippen molar-refractivity contribution in [1.82, 2.24) is 20.0 Å². The average Bonchev–Trinajstić information content (AvgIpc) is 3.21. The number of carbonyl (C=O) groups excluding carboxylic acids is 1. The maximum Gasteiger partial charge on any atom is 0.405 e. The van der Waals surface area contributed by atoms with Crippen molar-refractivity contribution in [3.05, 3.63) is 83.7 Å². The van der Waals surface area contributed by atoms with Crippen molar-refractivity contribution in [1.29, 1.82) is 0 Å². The lowest BCUT2D eigenvalue weighted by atomic mass is 10.1. The van der Waals surface area contributed by atoms with E-state index in [0.29, 0.717) is 6.54 Å². The molecular formula is C21H21F3N4O. The number of hydrogen-bond acceptors (Lipinski definition) is 3. The van der Waals surface area contributed by atoms with Gasteiger partial charge in [0.15, 0.2) is 0 Å². The van der Waals surface area contributed by atoms with Gasteiger partial charge in [-0.1, -0.05) is 24.3 Å². The number of amides is 1. The molecule has 0 aliphatic heterocycles. The molecule has 8 heteroatoms. The highest BCUT2D eigenvalue weighted by atomic mass is 19.4. The van der Waals surface area contributed by atoms with Crippen molar-refractivity contribution < 1.29 is 18.0 Å². The van der Waals surface area contributed by atoms with E-state index in [9.17, 15) is 18.0 Å². The van der Waals surface area contributed by atoms with Crippen LogP contribution in [0.3, 0.4) is 0 Å². The second-order valence-corrected chi connectivity index (χ2v) is 6.78. The fourth-order valence-corrected chi connectivity index (χ4v) is 2.90. The van der Waals surface area contributed by atoms with Gasteiger partial charge in [0.05, 0.1) is 5.69 Å². The first-order valence-electron chi connectivity index (χ1n) is 9.01. The average molecular weight is 402 g/mol. The maximum atomic E-state index is 12.2. The number of hydrogen-bond donors (Lipinski definition) is 1. The molecule has 0 fully saturated rings. The lowest BCUT2D eigenvalue weighted by Crippen LogP contribution is -2.33. The molecule has 29 heavy (non-hydrogen) atoms. The van der Waals surface area contributed by atoms with Gasteiger partial charge in [-0.25, -0.2) is 4.68 Å². The Morgan fingerprint density at radius 1 is 1.03 bits per heavy atom. The molecule has 1 N–H and O–H groups in total.